The Balaban J connectivity index is 1.58. The first kappa shape index (κ1) is 44.0. The lowest BCUT2D eigenvalue weighted by molar-refractivity contribution is -0.0872. The average Bonchev–Trinajstić information content (AvgIpc) is 3.03. The molecule has 0 aliphatic carbocycles. The maximum atomic E-state index is 10.3. The summed E-state index contributed by atoms with van der Waals surface area (Å²) in [6.07, 6.45) is 12.8. The Morgan fingerprint density at radius 3 is 1.10 bits per heavy atom. The maximum absolute atomic E-state index is 10.3. The van der Waals surface area contributed by atoms with Crippen molar-refractivity contribution in [1.29, 1.82) is 0 Å². The molecule has 0 aromatic heterocycles. The summed E-state index contributed by atoms with van der Waals surface area (Å²) in [5.74, 6) is 2.13. The van der Waals surface area contributed by atoms with Gasteiger partial charge in [-0.3, -0.25) is 0 Å². The fourth-order valence-corrected chi connectivity index (χ4v) is 6.32. The SMILES string of the molecule is CCC(COC(C)(C)CCCCCCOc1ccc(-c2ccc(OCCCCCCC(C)(C)OCC(CC)C(C)(C)O)cc2)cc1)C(C)(C)O. The van der Waals surface area contributed by atoms with Crippen LogP contribution >= 0.6 is 0 Å². The number of aliphatic hydroxyl groups is 2. The summed E-state index contributed by atoms with van der Waals surface area (Å²) >= 11 is 0. The van der Waals surface area contributed by atoms with Gasteiger partial charge in [-0.15, -0.1) is 0 Å². The van der Waals surface area contributed by atoms with E-state index in [9.17, 15) is 10.2 Å². The topological polar surface area (TPSA) is 77.4 Å². The molecule has 0 spiro atoms. The van der Waals surface area contributed by atoms with Gasteiger partial charge in [0.05, 0.1) is 48.8 Å². The molecule has 2 atom stereocenters. The highest BCUT2D eigenvalue weighted by atomic mass is 16.5. The van der Waals surface area contributed by atoms with Crippen LogP contribution in [-0.2, 0) is 9.47 Å². The van der Waals surface area contributed by atoms with Crippen molar-refractivity contribution < 1.29 is 29.2 Å². The Hall–Kier alpha value is -2.12. The minimum Gasteiger partial charge on any atom is -0.494 e. The predicted molar refractivity (Wildman–Crippen MR) is 209 cm³/mol. The molecule has 0 saturated heterocycles. The minimum atomic E-state index is -0.706. The van der Waals surface area contributed by atoms with Crippen LogP contribution in [0.15, 0.2) is 48.5 Å². The second-order valence-corrected chi connectivity index (χ2v) is 16.7. The third-order valence-electron chi connectivity index (χ3n) is 10.3. The third-order valence-corrected chi connectivity index (χ3v) is 10.3. The van der Waals surface area contributed by atoms with Crippen molar-refractivity contribution in [2.75, 3.05) is 26.4 Å². The lowest BCUT2D eigenvalue weighted by Crippen LogP contribution is -2.37. The van der Waals surface area contributed by atoms with Crippen molar-refractivity contribution in [2.24, 2.45) is 11.8 Å². The lowest BCUT2D eigenvalue weighted by Gasteiger charge is -2.33. The highest BCUT2D eigenvalue weighted by Gasteiger charge is 2.29. The summed E-state index contributed by atoms with van der Waals surface area (Å²) in [7, 11) is 0. The fraction of sp³-hybridized carbons (Fsp3) is 0.727. The van der Waals surface area contributed by atoms with Gasteiger partial charge in [0.25, 0.3) is 0 Å². The van der Waals surface area contributed by atoms with Crippen molar-refractivity contribution in [2.45, 2.75) is 169 Å². The third kappa shape index (κ3) is 17.9. The number of unbranched alkanes of at least 4 members (excludes halogenated alkanes) is 6. The van der Waals surface area contributed by atoms with E-state index in [2.05, 4.69) is 90.1 Å². The van der Waals surface area contributed by atoms with Crippen LogP contribution in [0.3, 0.4) is 0 Å². The molecule has 286 valence electrons. The van der Waals surface area contributed by atoms with E-state index < -0.39 is 11.2 Å². The van der Waals surface area contributed by atoms with Gasteiger partial charge in [0.1, 0.15) is 11.5 Å². The molecule has 0 heterocycles. The number of benzene rings is 2. The molecule has 50 heavy (non-hydrogen) atoms. The highest BCUT2D eigenvalue weighted by molar-refractivity contribution is 5.64. The quantitative estimate of drug-likeness (QED) is 0.0905. The van der Waals surface area contributed by atoms with E-state index in [-0.39, 0.29) is 23.0 Å². The molecule has 0 amide bonds. The maximum Gasteiger partial charge on any atom is 0.119 e. The summed E-state index contributed by atoms with van der Waals surface area (Å²) in [4.78, 5) is 0. The van der Waals surface area contributed by atoms with Gasteiger partial charge in [-0.05, 0) is 129 Å². The summed E-state index contributed by atoms with van der Waals surface area (Å²) < 4.78 is 24.4. The second kappa shape index (κ2) is 21.4. The first-order valence-electron chi connectivity index (χ1n) is 19.6. The van der Waals surface area contributed by atoms with Crippen LogP contribution in [-0.4, -0.2) is 59.0 Å². The Labute approximate surface area is 306 Å². The molecule has 2 aromatic carbocycles. The lowest BCUT2D eigenvalue weighted by atomic mass is 9.89. The van der Waals surface area contributed by atoms with Crippen molar-refractivity contribution in [3.05, 3.63) is 48.5 Å². The largest absolute Gasteiger partial charge is 0.494 e. The van der Waals surface area contributed by atoms with E-state index in [0.717, 1.165) is 102 Å². The van der Waals surface area contributed by atoms with Crippen molar-refractivity contribution in [1.82, 2.24) is 0 Å². The van der Waals surface area contributed by atoms with Crippen LogP contribution in [0, 0.1) is 11.8 Å². The van der Waals surface area contributed by atoms with Crippen LogP contribution in [0.25, 0.3) is 11.1 Å². The van der Waals surface area contributed by atoms with Gasteiger partial charge in [-0.2, -0.15) is 0 Å². The molecule has 0 aliphatic rings. The van der Waals surface area contributed by atoms with Crippen molar-refractivity contribution in [3.8, 4) is 22.6 Å². The Bertz CT molecular complexity index is 1060. The molecular formula is C44H74O6. The van der Waals surface area contributed by atoms with Gasteiger partial charge in [0, 0.05) is 11.8 Å². The zero-order valence-electron chi connectivity index (χ0n) is 33.6. The van der Waals surface area contributed by atoms with E-state index in [1.807, 2.05) is 27.7 Å². The van der Waals surface area contributed by atoms with E-state index >= 15 is 0 Å². The first-order valence-corrected chi connectivity index (χ1v) is 19.6. The van der Waals surface area contributed by atoms with Crippen LogP contribution in [0.1, 0.15) is 146 Å². The fourth-order valence-electron chi connectivity index (χ4n) is 6.32. The molecule has 6 heteroatoms. The second-order valence-electron chi connectivity index (χ2n) is 16.7. The van der Waals surface area contributed by atoms with Gasteiger partial charge >= 0.3 is 0 Å². The molecule has 6 nitrogen and oxygen atoms in total. The minimum absolute atomic E-state index is 0.154. The molecule has 2 unspecified atom stereocenters. The van der Waals surface area contributed by atoms with Crippen LogP contribution < -0.4 is 9.47 Å². The van der Waals surface area contributed by atoms with E-state index in [4.69, 9.17) is 18.9 Å². The molecular weight excluding hydrogens is 624 g/mol. The van der Waals surface area contributed by atoms with Crippen LogP contribution in [0.4, 0.5) is 0 Å². The van der Waals surface area contributed by atoms with Gasteiger partial charge in [-0.1, -0.05) is 76.6 Å². The Morgan fingerprint density at radius 2 is 0.800 bits per heavy atom. The number of rotatable bonds is 27. The standard InChI is InChI=1S/C44H74O6/c1-11-37(43(7,8)45)33-49-41(3,4)29-17-13-15-19-31-47-39-25-21-35(22-26-39)36-23-27-40(28-24-36)48-32-20-16-14-18-30-42(5,6)50-34-38(12-2)44(9,10)46/h21-28,37-38,45-46H,11-20,29-34H2,1-10H3. The monoisotopic (exact) mass is 699 g/mol. The normalized spacial score (nSPS) is 14.1. The summed E-state index contributed by atoms with van der Waals surface area (Å²) in [6, 6.07) is 16.7. The summed E-state index contributed by atoms with van der Waals surface area (Å²) in [5, 5.41) is 20.6. The Morgan fingerprint density at radius 1 is 0.480 bits per heavy atom. The number of hydrogen-bond acceptors (Lipinski definition) is 6. The van der Waals surface area contributed by atoms with Crippen LogP contribution in [0.5, 0.6) is 11.5 Å². The number of ether oxygens (including phenoxy) is 4. The predicted octanol–water partition coefficient (Wildman–Crippen LogP) is 11.2. The highest BCUT2D eigenvalue weighted by Crippen LogP contribution is 2.28. The van der Waals surface area contributed by atoms with Gasteiger partial charge < -0.3 is 29.2 Å². The van der Waals surface area contributed by atoms with E-state index in [1.165, 1.54) is 11.1 Å². The molecule has 2 rings (SSSR count). The molecule has 2 aromatic rings. The van der Waals surface area contributed by atoms with Crippen molar-refractivity contribution in [3.63, 3.8) is 0 Å². The molecule has 0 bridgehead atoms. The molecule has 0 saturated carbocycles. The molecule has 0 aliphatic heterocycles. The Kier molecular flexibility index (Phi) is 18.9. The van der Waals surface area contributed by atoms with E-state index in [1.54, 1.807) is 0 Å². The first-order chi connectivity index (χ1) is 23.5. The average molecular weight is 699 g/mol. The zero-order chi connectivity index (χ0) is 37.3. The van der Waals surface area contributed by atoms with Gasteiger partial charge in [-0.25, -0.2) is 0 Å². The summed E-state index contributed by atoms with van der Waals surface area (Å²) in [5.41, 5.74) is 0.582. The zero-order valence-corrected chi connectivity index (χ0v) is 33.6. The smallest absolute Gasteiger partial charge is 0.119 e. The molecule has 0 radical (unpaired) electrons. The van der Waals surface area contributed by atoms with Gasteiger partial charge in [0.2, 0.25) is 0 Å². The van der Waals surface area contributed by atoms with Gasteiger partial charge in [0.15, 0.2) is 0 Å². The van der Waals surface area contributed by atoms with Crippen molar-refractivity contribution >= 4 is 0 Å². The summed E-state index contributed by atoms with van der Waals surface area (Å²) in [6.45, 7) is 23.0. The molecule has 2 N–H and O–H groups in total. The molecule has 0 fully saturated rings. The van der Waals surface area contributed by atoms with E-state index in [0.29, 0.717) is 13.2 Å². The number of hydrogen-bond donors (Lipinski definition) is 2. The van der Waals surface area contributed by atoms with Crippen LogP contribution in [0.2, 0.25) is 0 Å².